The van der Waals surface area contributed by atoms with Gasteiger partial charge in [0, 0.05) is 18.6 Å². The van der Waals surface area contributed by atoms with E-state index in [-0.39, 0.29) is 0 Å². The lowest BCUT2D eigenvalue weighted by atomic mass is 9.69. The van der Waals surface area contributed by atoms with E-state index in [4.69, 9.17) is 0 Å². The van der Waals surface area contributed by atoms with Crippen LogP contribution in [-0.2, 0) is 0 Å². The van der Waals surface area contributed by atoms with Gasteiger partial charge < -0.3 is 10.2 Å². The van der Waals surface area contributed by atoms with Gasteiger partial charge in [-0.15, -0.1) is 0 Å². The molecule has 0 saturated heterocycles. The quantitative estimate of drug-likeness (QED) is 0.840. The fourth-order valence-electron chi connectivity index (χ4n) is 4.51. The van der Waals surface area contributed by atoms with E-state index in [0.717, 1.165) is 23.9 Å². The van der Waals surface area contributed by atoms with Crippen LogP contribution in [0.3, 0.4) is 0 Å². The molecule has 20 heavy (non-hydrogen) atoms. The molecule has 0 aromatic heterocycles. The van der Waals surface area contributed by atoms with Crippen molar-refractivity contribution >= 4 is 0 Å². The summed E-state index contributed by atoms with van der Waals surface area (Å²) in [4.78, 5) is 2.68. The third-order valence-electron chi connectivity index (χ3n) is 6.02. The Kier molecular flexibility index (Phi) is 5.53. The fourth-order valence-corrected chi connectivity index (χ4v) is 4.51. The van der Waals surface area contributed by atoms with Crippen molar-refractivity contribution in [3.8, 4) is 0 Å². The molecule has 2 aliphatic carbocycles. The lowest BCUT2D eigenvalue weighted by molar-refractivity contribution is 0.0829. The van der Waals surface area contributed by atoms with Crippen LogP contribution >= 0.6 is 0 Å². The molecule has 2 fully saturated rings. The zero-order valence-electron chi connectivity index (χ0n) is 14.4. The summed E-state index contributed by atoms with van der Waals surface area (Å²) in [6.07, 6.45) is 9.80. The SMILES string of the molecule is CNC1CCC(C)(C)CC1CN(C)C1CCC(C)CC1. The molecule has 1 N–H and O–H groups in total. The maximum atomic E-state index is 3.58. The molecule has 0 amide bonds. The first kappa shape index (κ1) is 16.3. The molecule has 0 aromatic carbocycles. The normalized spacial score (nSPS) is 38.1. The Balaban J connectivity index is 1.89. The first-order valence-electron chi connectivity index (χ1n) is 8.79. The van der Waals surface area contributed by atoms with E-state index >= 15 is 0 Å². The van der Waals surface area contributed by atoms with Crippen LogP contribution in [0.5, 0.6) is 0 Å². The highest BCUT2D eigenvalue weighted by molar-refractivity contribution is 4.90. The Morgan fingerprint density at radius 1 is 1.10 bits per heavy atom. The highest BCUT2D eigenvalue weighted by Gasteiger charge is 2.35. The van der Waals surface area contributed by atoms with Crippen molar-refractivity contribution in [1.29, 1.82) is 0 Å². The van der Waals surface area contributed by atoms with E-state index in [2.05, 4.69) is 45.1 Å². The van der Waals surface area contributed by atoms with Gasteiger partial charge in [-0.05, 0) is 76.3 Å². The smallest absolute Gasteiger partial charge is 0.0105 e. The molecule has 2 unspecified atom stereocenters. The molecule has 2 heteroatoms. The van der Waals surface area contributed by atoms with Gasteiger partial charge in [0.05, 0.1) is 0 Å². The zero-order chi connectivity index (χ0) is 14.8. The lowest BCUT2D eigenvalue weighted by Gasteiger charge is -2.44. The maximum Gasteiger partial charge on any atom is 0.0105 e. The highest BCUT2D eigenvalue weighted by Crippen LogP contribution is 2.39. The van der Waals surface area contributed by atoms with Gasteiger partial charge in [0.25, 0.3) is 0 Å². The summed E-state index contributed by atoms with van der Waals surface area (Å²) in [6, 6.07) is 1.57. The number of nitrogens with one attached hydrogen (secondary N) is 1. The maximum absolute atomic E-state index is 3.58. The summed E-state index contributed by atoms with van der Waals surface area (Å²) in [5, 5.41) is 3.58. The first-order valence-corrected chi connectivity index (χ1v) is 8.79. The molecular formula is C18H36N2. The van der Waals surface area contributed by atoms with Crippen LogP contribution in [0, 0.1) is 17.3 Å². The van der Waals surface area contributed by atoms with Crippen LogP contribution in [-0.4, -0.2) is 37.6 Å². The van der Waals surface area contributed by atoms with E-state index < -0.39 is 0 Å². The summed E-state index contributed by atoms with van der Waals surface area (Å²) in [5.41, 5.74) is 0.542. The monoisotopic (exact) mass is 280 g/mol. The van der Waals surface area contributed by atoms with E-state index in [1.54, 1.807) is 0 Å². The van der Waals surface area contributed by atoms with Gasteiger partial charge in [0.15, 0.2) is 0 Å². The van der Waals surface area contributed by atoms with Crippen molar-refractivity contribution in [2.75, 3.05) is 20.6 Å². The van der Waals surface area contributed by atoms with E-state index in [1.165, 1.54) is 51.5 Å². The molecule has 118 valence electrons. The van der Waals surface area contributed by atoms with Crippen LogP contribution < -0.4 is 5.32 Å². The molecule has 0 aromatic rings. The Morgan fingerprint density at radius 2 is 1.75 bits per heavy atom. The molecule has 2 nitrogen and oxygen atoms in total. The third kappa shape index (κ3) is 4.21. The van der Waals surface area contributed by atoms with Crippen LogP contribution in [0.25, 0.3) is 0 Å². The predicted molar refractivity (Wildman–Crippen MR) is 88.0 cm³/mol. The predicted octanol–water partition coefficient (Wildman–Crippen LogP) is 3.91. The Morgan fingerprint density at radius 3 is 2.35 bits per heavy atom. The summed E-state index contributed by atoms with van der Waals surface area (Å²) in [7, 11) is 4.52. The molecule has 2 rings (SSSR count). The largest absolute Gasteiger partial charge is 0.317 e. The number of rotatable bonds is 4. The van der Waals surface area contributed by atoms with Gasteiger partial charge in [-0.25, -0.2) is 0 Å². The van der Waals surface area contributed by atoms with Gasteiger partial charge in [-0.2, -0.15) is 0 Å². The Bertz CT molecular complexity index is 292. The van der Waals surface area contributed by atoms with Crippen molar-refractivity contribution in [2.24, 2.45) is 17.3 Å². The standard InChI is InChI=1S/C18H36N2/c1-14-6-8-16(9-7-14)20(5)13-15-12-18(2,3)11-10-17(15)19-4/h14-17,19H,6-13H2,1-5H3. The fraction of sp³-hybridized carbons (Fsp3) is 1.00. The second kappa shape index (κ2) is 6.79. The first-order chi connectivity index (χ1) is 9.41. The number of hydrogen-bond donors (Lipinski definition) is 1. The van der Waals surface area contributed by atoms with Crippen molar-refractivity contribution in [3.63, 3.8) is 0 Å². The van der Waals surface area contributed by atoms with Gasteiger partial charge in [0.2, 0.25) is 0 Å². The molecular weight excluding hydrogens is 244 g/mol. The molecule has 2 saturated carbocycles. The molecule has 0 spiro atoms. The van der Waals surface area contributed by atoms with Crippen LogP contribution in [0.4, 0.5) is 0 Å². The zero-order valence-corrected chi connectivity index (χ0v) is 14.4. The third-order valence-corrected chi connectivity index (χ3v) is 6.02. The Hall–Kier alpha value is -0.0800. The average Bonchev–Trinajstić information content (AvgIpc) is 2.38. The second-order valence-electron chi connectivity index (χ2n) is 8.42. The lowest BCUT2D eigenvalue weighted by Crippen LogP contribution is -2.48. The van der Waals surface area contributed by atoms with Crippen molar-refractivity contribution in [1.82, 2.24) is 10.2 Å². The average molecular weight is 281 g/mol. The van der Waals surface area contributed by atoms with E-state index in [0.29, 0.717) is 5.41 Å². The molecule has 0 heterocycles. The second-order valence-corrected chi connectivity index (χ2v) is 8.42. The van der Waals surface area contributed by atoms with Gasteiger partial charge >= 0.3 is 0 Å². The number of hydrogen-bond acceptors (Lipinski definition) is 2. The van der Waals surface area contributed by atoms with Crippen LogP contribution in [0.1, 0.15) is 65.7 Å². The molecule has 2 atom stereocenters. The van der Waals surface area contributed by atoms with Crippen molar-refractivity contribution < 1.29 is 0 Å². The van der Waals surface area contributed by atoms with Crippen molar-refractivity contribution in [3.05, 3.63) is 0 Å². The Labute approximate surface area is 126 Å². The minimum Gasteiger partial charge on any atom is -0.317 e. The molecule has 2 aliphatic rings. The summed E-state index contributed by atoms with van der Waals surface area (Å²) < 4.78 is 0. The summed E-state index contributed by atoms with van der Waals surface area (Å²) in [6.45, 7) is 8.60. The van der Waals surface area contributed by atoms with E-state index in [1.807, 2.05) is 0 Å². The summed E-state index contributed by atoms with van der Waals surface area (Å²) >= 11 is 0. The van der Waals surface area contributed by atoms with Crippen LogP contribution in [0.15, 0.2) is 0 Å². The number of nitrogens with zero attached hydrogens (tertiary/aromatic N) is 1. The minimum atomic E-state index is 0.542. The highest BCUT2D eigenvalue weighted by atomic mass is 15.1. The van der Waals surface area contributed by atoms with Gasteiger partial charge in [0.1, 0.15) is 0 Å². The summed E-state index contributed by atoms with van der Waals surface area (Å²) in [5.74, 6) is 1.78. The molecule has 0 radical (unpaired) electrons. The minimum absolute atomic E-state index is 0.542. The van der Waals surface area contributed by atoms with Gasteiger partial charge in [-0.1, -0.05) is 20.8 Å². The molecule has 0 aliphatic heterocycles. The van der Waals surface area contributed by atoms with Crippen molar-refractivity contribution in [2.45, 2.75) is 77.8 Å². The van der Waals surface area contributed by atoms with Gasteiger partial charge in [-0.3, -0.25) is 0 Å². The molecule has 0 bridgehead atoms. The van der Waals surface area contributed by atoms with Crippen LogP contribution in [0.2, 0.25) is 0 Å². The van der Waals surface area contributed by atoms with E-state index in [9.17, 15) is 0 Å². The topological polar surface area (TPSA) is 15.3 Å².